The SMILES string of the molecule is CCC(c1cc(F)cc(C#N)c1)n1c(CC2CC2)nc(=O)c(S(=O)(=O)c2ccc(-c3ccccc3C(N)=O)cc2)c1O. The molecule has 3 N–H and O–H groups in total. The zero-order valence-electron chi connectivity index (χ0n) is 22.6. The number of benzene rings is 3. The van der Waals surface area contributed by atoms with Crippen molar-refractivity contribution < 1.29 is 22.7 Å². The number of carbonyl (C=O) groups excluding carboxylic acids is 1. The van der Waals surface area contributed by atoms with Crippen LogP contribution in [0.5, 0.6) is 5.88 Å². The van der Waals surface area contributed by atoms with Crippen LogP contribution in [0.1, 0.15) is 59.5 Å². The summed E-state index contributed by atoms with van der Waals surface area (Å²) < 4.78 is 43.3. The van der Waals surface area contributed by atoms with Gasteiger partial charge in [0.15, 0.2) is 4.90 Å². The number of halogens is 1. The van der Waals surface area contributed by atoms with Crippen molar-refractivity contribution in [1.82, 2.24) is 9.55 Å². The van der Waals surface area contributed by atoms with Crippen LogP contribution in [0, 0.1) is 23.1 Å². The van der Waals surface area contributed by atoms with E-state index in [1.807, 2.05) is 6.07 Å². The number of sulfone groups is 1. The summed E-state index contributed by atoms with van der Waals surface area (Å²) in [6.07, 6.45) is 2.40. The number of hydrogen-bond acceptors (Lipinski definition) is 7. The molecule has 1 unspecified atom stereocenters. The maximum absolute atomic E-state index is 14.4. The number of nitrogens with zero attached hydrogens (tertiary/aromatic N) is 3. The molecule has 9 nitrogen and oxygen atoms in total. The molecule has 0 radical (unpaired) electrons. The summed E-state index contributed by atoms with van der Waals surface area (Å²) >= 11 is 0. The summed E-state index contributed by atoms with van der Waals surface area (Å²) in [6.45, 7) is 1.76. The van der Waals surface area contributed by atoms with Gasteiger partial charge in [-0.2, -0.15) is 10.2 Å². The minimum absolute atomic E-state index is 0.0616. The van der Waals surface area contributed by atoms with Gasteiger partial charge in [0.05, 0.1) is 22.6 Å². The lowest BCUT2D eigenvalue weighted by Crippen LogP contribution is -2.28. The second kappa shape index (κ2) is 11.2. The fraction of sp³-hybridized carbons (Fsp3) is 0.226. The Morgan fingerprint density at radius 2 is 1.86 bits per heavy atom. The third-order valence-corrected chi connectivity index (χ3v) is 9.16. The Morgan fingerprint density at radius 3 is 2.48 bits per heavy atom. The van der Waals surface area contributed by atoms with E-state index in [4.69, 9.17) is 5.73 Å². The number of carbonyl (C=O) groups is 1. The molecule has 42 heavy (non-hydrogen) atoms. The third kappa shape index (κ3) is 5.41. The fourth-order valence-corrected chi connectivity index (χ4v) is 6.50. The lowest BCUT2D eigenvalue weighted by atomic mass is 9.99. The molecule has 1 aromatic heterocycles. The number of nitrogens with two attached hydrogens (primary N) is 1. The van der Waals surface area contributed by atoms with Crippen LogP contribution < -0.4 is 11.3 Å². The quantitative estimate of drug-likeness (QED) is 0.292. The number of hydrogen-bond donors (Lipinski definition) is 2. The highest BCUT2D eigenvalue weighted by atomic mass is 32.2. The summed E-state index contributed by atoms with van der Waals surface area (Å²) in [4.78, 5) is 28.0. The van der Waals surface area contributed by atoms with Crippen LogP contribution in [0.3, 0.4) is 0 Å². The highest BCUT2D eigenvalue weighted by Gasteiger charge is 2.34. The lowest BCUT2D eigenvalue weighted by molar-refractivity contribution is 0.100. The minimum Gasteiger partial charge on any atom is -0.493 e. The van der Waals surface area contributed by atoms with Gasteiger partial charge in [0.25, 0.3) is 5.56 Å². The zero-order valence-corrected chi connectivity index (χ0v) is 23.4. The number of rotatable bonds is 9. The molecule has 1 amide bonds. The summed E-state index contributed by atoms with van der Waals surface area (Å²) in [5.74, 6) is -1.70. The van der Waals surface area contributed by atoms with Crippen molar-refractivity contribution in [1.29, 1.82) is 5.26 Å². The third-order valence-electron chi connectivity index (χ3n) is 7.37. The van der Waals surface area contributed by atoms with E-state index in [2.05, 4.69) is 4.98 Å². The molecule has 0 aliphatic heterocycles. The first kappa shape index (κ1) is 28.7. The molecule has 1 fully saturated rings. The van der Waals surface area contributed by atoms with E-state index in [9.17, 15) is 32.8 Å². The Balaban J connectivity index is 1.65. The largest absolute Gasteiger partial charge is 0.493 e. The van der Waals surface area contributed by atoms with Gasteiger partial charge >= 0.3 is 0 Å². The first-order chi connectivity index (χ1) is 20.0. The van der Waals surface area contributed by atoms with Gasteiger partial charge in [0.1, 0.15) is 11.6 Å². The van der Waals surface area contributed by atoms with Gasteiger partial charge in [0.2, 0.25) is 21.6 Å². The van der Waals surface area contributed by atoms with Crippen molar-refractivity contribution in [3.8, 4) is 23.1 Å². The molecule has 1 aliphatic carbocycles. The van der Waals surface area contributed by atoms with E-state index in [1.54, 1.807) is 31.2 Å². The van der Waals surface area contributed by atoms with Crippen LogP contribution in [0.15, 0.2) is 81.3 Å². The van der Waals surface area contributed by atoms with Gasteiger partial charge in [-0.3, -0.25) is 14.2 Å². The molecular formula is C31H27FN4O5S. The normalized spacial score (nSPS) is 13.8. The lowest BCUT2D eigenvalue weighted by Gasteiger charge is -2.25. The van der Waals surface area contributed by atoms with Crippen molar-refractivity contribution >= 4 is 15.7 Å². The molecule has 0 bridgehead atoms. The number of primary amides is 1. The smallest absolute Gasteiger partial charge is 0.296 e. The van der Waals surface area contributed by atoms with Crippen LogP contribution >= 0.6 is 0 Å². The van der Waals surface area contributed by atoms with Crippen LogP contribution in [0.25, 0.3) is 11.1 Å². The maximum atomic E-state index is 14.4. The van der Waals surface area contributed by atoms with Crippen LogP contribution in [-0.2, 0) is 16.3 Å². The van der Waals surface area contributed by atoms with Crippen molar-refractivity contribution in [2.45, 2.75) is 48.4 Å². The molecule has 4 aromatic rings. The second-order valence-corrected chi connectivity index (χ2v) is 12.1. The van der Waals surface area contributed by atoms with Crippen molar-refractivity contribution in [3.63, 3.8) is 0 Å². The Labute approximate surface area is 241 Å². The van der Waals surface area contributed by atoms with Gasteiger partial charge in [0, 0.05) is 12.0 Å². The molecule has 1 heterocycles. The molecule has 11 heteroatoms. The maximum Gasteiger partial charge on any atom is 0.296 e. The highest BCUT2D eigenvalue weighted by Crippen LogP contribution is 2.38. The Kier molecular flexibility index (Phi) is 7.67. The summed E-state index contributed by atoms with van der Waals surface area (Å²) in [7, 11) is -4.59. The van der Waals surface area contributed by atoms with E-state index in [1.165, 1.54) is 41.0 Å². The predicted octanol–water partition coefficient (Wildman–Crippen LogP) is 4.51. The van der Waals surface area contributed by atoms with Crippen LogP contribution in [0.4, 0.5) is 4.39 Å². The highest BCUT2D eigenvalue weighted by molar-refractivity contribution is 7.91. The molecule has 5 rings (SSSR count). The predicted molar refractivity (Wildman–Crippen MR) is 152 cm³/mol. The molecule has 0 saturated heterocycles. The minimum atomic E-state index is -4.59. The van der Waals surface area contributed by atoms with E-state index >= 15 is 0 Å². The van der Waals surface area contributed by atoms with Gasteiger partial charge in [-0.15, -0.1) is 0 Å². The average Bonchev–Trinajstić information content (AvgIpc) is 3.78. The van der Waals surface area contributed by atoms with Crippen LogP contribution in [-0.4, -0.2) is 29.0 Å². The van der Waals surface area contributed by atoms with Gasteiger partial charge in [-0.1, -0.05) is 37.3 Å². The molecule has 1 saturated carbocycles. The Hall–Kier alpha value is -4.82. The number of nitriles is 1. The standard InChI is InChI=1S/C31H27FN4O5S/c1-2-26(21-13-19(17-33)14-22(32)16-21)36-27(15-18-7-8-18)35-30(38)28(31(36)39)42(40,41)23-11-9-20(10-12-23)24-5-3-4-6-25(24)29(34)37/h3-6,9-14,16,18,26,39H,2,7-8,15H2,1H3,(H2,34,37). The van der Waals surface area contributed by atoms with E-state index in [-0.39, 0.29) is 34.2 Å². The van der Waals surface area contributed by atoms with E-state index in [0.717, 1.165) is 18.9 Å². The fourth-order valence-electron chi connectivity index (χ4n) is 5.15. The zero-order chi connectivity index (χ0) is 30.2. The van der Waals surface area contributed by atoms with E-state index < -0.39 is 43.9 Å². The first-order valence-corrected chi connectivity index (χ1v) is 14.8. The topological polar surface area (TPSA) is 156 Å². The van der Waals surface area contributed by atoms with Crippen molar-refractivity contribution in [2.75, 3.05) is 0 Å². The van der Waals surface area contributed by atoms with Crippen molar-refractivity contribution in [2.24, 2.45) is 11.7 Å². The van der Waals surface area contributed by atoms with Gasteiger partial charge in [-0.25, -0.2) is 12.8 Å². The molecule has 1 atom stereocenters. The summed E-state index contributed by atoms with van der Waals surface area (Å²) in [5.41, 5.74) is 6.05. The molecule has 1 aliphatic rings. The number of aromatic hydroxyl groups is 1. The summed E-state index contributed by atoms with van der Waals surface area (Å²) in [6, 6.07) is 16.9. The Bertz CT molecular complexity index is 1910. The first-order valence-electron chi connectivity index (χ1n) is 13.3. The summed E-state index contributed by atoms with van der Waals surface area (Å²) in [5, 5.41) is 20.9. The molecule has 214 valence electrons. The monoisotopic (exact) mass is 586 g/mol. The van der Waals surface area contributed by atoms with Gasteiger partial charge in [-0.05, 0) is 78.3 Å². The Morgan fingerprint density at radius 1 is 1.17 bits per heavy atom. The average molecular weight is 587 g/mol. The van der Waals surface area contributed by atoms with Crippen LogP contribution in [0.2, 0.25) is 0 Å². The number of amides is 1. The van der Waals surface area contributed by atoms with Crippen molar-refractivity contribution in [3.05, 3.63) is 105 Å². The van der Waals surface area contributed by atoms with Gasteiger partial charge < -0.3 is 10.8 Å². The molecular weight excluding hydrogens is 559 g/mol. The van der Waals surface area contributed by atoms with E-state index in [0.29, 0.717) is 23.1 Å². The molecule has 0 spiro atoms. The molecule has 3 aromatic carbocycles. The second-order valence-electron chi connectivity index (χ2n) is 10.3. The number of aromatic nitrogens is 2.